The molecule has 0 saturated heterocycles. The molecule has 0 aliphatic heterocycles. The van der Waals surface area contributed by atoms with Crippen LogP contribution in [-0.4, -0.2) is 5.11 Å². The average Bonchev–Trinajstić information content (AvgIpc) is 2.52. The van der Waals surface area contributed by atoms with Crippen molar-refractivity contribution in [3.05, 3.63) is 35.1 Å². The van der Waals surface area contributed by atoms with Crippen LogP contribution in [0.3, 0.4) is 0 Å². The molecule has 0 spiro atoms. The summed E-state index contributed by atoms with van der Waals surface area (Å²) in [6.07, 6.45) is 2.33. The smallest absolute Gasteiger partial charge is 0.129 e. The van der Waals surface area contributed by atoms with E-state index in [0.29, 0.717) is 24.3 Å². The zero-order chi connectivity index (χ0) is 11.1. The molecule has 1 fully saturated rings. The SMILES string of the molecule is Cc1ccc(F)c(C2(O)CCC(C)C2)c1. The van der Waals surface area contributed by atoms with Crippen LogP contribution in [0.15, 0.2) is 18.2 Å². The van der Waals surface area contributed by atoms with E-state index >= 15 is 0 Å². The summed E-state index contributed by atoms with van der Waals surface area (Å²) in [5.74, 6) is 0.201. The molecule has 0 radical (unpaired) electrons. The van der Waals surface area contributed by atoms with Crippen molar-refractivity contribution in [2.24, 2.45) is 5.92 Å². The summed E-state index contributed by atoms with van der Waals surface area (Å²) in [5, 5.41) is 10.4. The molecule has 2 rings (SSSR count). The van der Waals surface area contributed by atoms with E-state index in [0.717, 1.165) is 12.0 Å². The molecule has 1 N–H and O–H groups in total. The maximum atomic E-state index is 13.6. The molecule has 1 aliphatic rings. The number of hydrogen-bond donors (Lipinski definition) is 1. The summed E-state index contributed by atoms with van der Waals surface area (Å²) in [6.45, 7) is 4.02. The van der Waals surface area contributed by atoms with Gasteiger partial charge in [0.25, 0.3) is 0 Å². The summed E-state index contributed by atoms with van der Waals surface area (Å²) in [5.41, 5.74) is 0.543. The third-order valence-corrected chi connectivity index (χ3v) is 3.36. The third kappa shape index (κ3) is 1.91. The molecule has 1 aliphatic carbocycles. The van der Waals surface area contributed by atoms with Crippen LogP contribution in [0, 0.1) is 18.7 Å². The fraction of sp³-hybridized carbons (Fsp3) is 0.538. The highest BCUT2D eigenvalue weighted by molar-refractivity contribution is 5.30. The largest absolute Gasteiger partial charge is 0.385 e. The van der Waals surface area contributed by atoms with Crippen molar-refractivity contribution in [2.45, 2.75) is 38.7 Å². The van der Waals surface area contributed by atoms with Gasteiger partial charge in [0.2, 0.25) is 0 Å². The molecule has 2 unspecified atom stereocenters. The maximum absolute atomic E-state index is 13.6. The predicted octanol–water partition coefficient (Wildman–Crippen LogP) is 3.14. The molecule has 1 aromatic carbocycles. The zero-order valence-corrected chi connectivity index (χ0v) is 9.26. The quantitative estimate of drug-likeness (QED) is 0.751. The van der Waals surface area contributed by atoms with E-state index in [9.17, 15) is 9.50 Å². The highest BCUT2D eigenvalue weighted by Gasteiger charge is 2.38. The summed E-state index contributed by atoms with van der Waals surface area (Å²) >= 11 is 0. The van der Waals surface area contributed by atoms with Crippen LogP contribution >= 0.6 is 0 Å². The standard InChI is InChI=1S/C13H17FO/c1-9-3-4-12(14)11(7-9)13(15)6-5-10(2)8-13/h3-4,7,10,15H,5-6,8H2,1-2H3. The molecule has 0 amide bonds. The Kier molecular flexibility index (Phi) is 2.55. The average molecular weight is 208 g/mol. The molecule has 1 aromatic rings. The summed E-state index contributed by atoms with van der Waals surface area (Å²) in [4.78, 5) is 0. The van der Waals surface area contributed by atoms with Crippen LogP contribution in [0.25, 0.3) is 0 Å². The monoisotopic (exact) mass is 208 g/mol. The molecule has 1 saturated carbocycles. The van der Waals surface area contributed by atoms with Crippen LogP contribution < -0.4 is 0 Å². The minimum absolute atomic E-state index is 0.280. The molecule has 0 heterocycles. The van der Waals surface area contributed by atoms with Crippen LogP contribution in [0.1, 0.15) is 37.3 Å². The molecule has 2 heteroatoms. The van der Waals surface area contributed by atoms with E-state index < -0.39 is 5.60 Å². The second-order valence-electron chi connectivity index (χ2n) is 4.86. The second kappa shape index (κ2) is 3.60. The fourth-order valence-corrected chi connectivity index (χ4v) is 2.51. The Morgan fingerprint density at radius 2 is 2.20 bits per heavy atom. The molecule has 2 atom stereocenters. The first-order valence-electron chi connectivity index (χ1n) is 5.50. The van der Waals surface area contributed by atoms with Gasteiger partial charge >= 0.3 is 0 Å². The van der Waals surface area contributed by atoms with Gasteiger partial charge in [-0.25, -0.2) is 4.39 Å². The lowest BCUT2D eigenvalue weighted by Gasteiger charge is -2.24. The van der Waals surface area contributed by atoms with Gasteiger partial charge in [0.05, 0.1) is 5.60 Å². The molecule has 82 valence electrons. The van der Waals surface area contributed by atoms with Crippen molar-refractivity contribution in [1.82, 2.24) is 0 Å². The van der Waals surface area contributed by atoms with E-state index in [1.54, 1.807) is 12.1 Å². The highest BCUT2D eigenvalue weighted by Crippen LogP contribution is 2.42. The lowest BCUT2D eigenvalue weighted by Crippen LogP contribution is -2.23. The predicted molar refractivity (Wildman–Crippen MR) is 58.0 cm³/mol. The lowest BCUT2D eigenvalue weighted by molar-refractivity contribution is 0.0371. The Morgan fingerprint density at radius 3 is 2.80 bits per heavy atom. The number of aliphatic hydroxyl groups is 1. The molecular formula is C13H17FO. The molecular weight excluding hydrogens is 191 g/mol. The van der Waals surface area contributed by atoms with Crippen molar-refractivity contribution in [3.63, 3.8) is 0 Å². The Morgan fingerprint density at radius 1 is 1.47 bits per heavy atom. The first-order chi connectivity index (χ1) is 7.01. The van der Waals surface area contributed by atoms with Crippen molar-refractivity contribution in [3.8, 4) is 0 Å². The Bertz CT molecular complexity index is 375. The molecule has 0 aromatic heterocycles. The number of rotatable bonds is 1. The van der Waals surface area contributed by atoms with Gasteiger partial charge in [-0.2, -0.15) is 0 Å². The third-order valence-electron chi connectivity index (χ3n) is 3.36. The fourth-order valence-electron chi connectivity index (χ4n) is 2.51. The van der Waals surface area contributed by atoms with Gasteiger partial charge in [-0.05, 0) is 38.2 Å². The first-order valence-corrected chi connectivity index (χ1v) is 5.50. The maximum Gasteiger partial charge on any atom is 0.129 e. The van der Waals surface area contributed by atoms with Gasteiger partial charge in [-0.3, -0.25) is 0 Å². The van der Waals surface area contributed by atoms with E-state index in [1.165, 1.54) is 6.07 Å². The topological polar surface area (TPSA) is 20.2 Å². The normalized spacial score (nSPS) is 30.8. The van der Waals surface area contributed by atoms with Crippen LogP contribution in [0.4, 0.5) is 4.39 Å². The van der Waals surface area contributed by atoms with E-state index in [1.807, 2.05) is 6.92 Å². The van der Waals surface area contributed by atoms with Gasteiger partial charge in [0.1, 0.15) is 5.82 Å². The number of benzene rings is 1. The summed E-state index contributed by atoms with van der Waals surface area (Å²) in [6, 6.07) is 4.96. The van der Waals surface area contributed by atoms with Gasteiger partial charge < -0.3 is 5.11 Å². The summed E-state index contributed by atoms with van der Waals surface area (Å²) < 4.78 is 13.6. The lowest BCUT2D eigenvalue weighted by atomic mass is 9.90. The first kappa shape index (κ1) is 10.6. The molecule has 0 bridgehead atoms. The summed E-state index contributed by atoms with van der Waals surface area (Å²) in [7, 11) is 0. The van der Waals surface area contributed by atoms with Crippen molar-refractivity contribution in [1.29, 1.82) is 0 Å². The molecule has 15 heavy (non-hydrogen) atoms. The van der Waals surface area contributed by atoms with E-state index in [-0.39, 0.29) is 5.82 Å². The minimum Gasteiger partial charge on any atom is -0.385 e. The number of hydrogen-bond acceptors (Lipinski definition) is 1. The minimum atomic E-state index is -0.935. The zero-order valence-electron chi connectivity index (χ0n) is 9.26. The van der Waals surface area contributed by atoms with Crippen molar-refractivity contribution < 1.29 is 9.50 Å². The molecule has 1 nitrogen and oxygen atoms in total. The van der Waals surface area contributed by atoms with Crippen LogP contribution in [0.2, 0.25) is 0 Å². The van der Waals surface area contributed by atoms with Crippen LogP contribution in [-0.2, 0) is 5.60 Å². The van der Waals surface area contributed by atoms with E-state index in [2.05, 4.69) is 6.92 Å². The second-order valence-corrected chi connectivity index (χ2v) is 4.86. The van der Waals surface area contributed by atoms with E-state index in [4.69, 9.17) is 0 Å². The van der Waals surface area contributed by atoms with Gasteiger partial charge in [0.15, 0.2) is 0 Å². The Balaban J connectivity index is 2.40. The Hall–Kier alpha value is -0.890. The van der Waals surface area contributed by atoms with Gasteiger partial charge in [0, 0.05) is 5.56 Å². The number of aryl methyl sites for hydroxylation is 1. The highest BCUT2D eigenvalue weighted by atomic mass is 19.1. The van der Waals surface area contributed by atoms with Crippen molar-refractivity contribution >= 4 is 0 Å². The van der Waals surface area contributed by atoms with Crippen molar-refractivity contribution in [2.75, 3.05) is 0 Å². The van der Waals surface area contributed by atoms with Crippen LogP contribution in [0.5, 0.6) is 0 Å². The van der Waals surface area contributed by atoms with Gasteiger partial charge in [-0.15, -0.1) is 0 Å². The Labute approximate surface area is 89.9 Å². The van der Waals surface area contributed by atoms with Gasteiger partial charge in [-0.1, -0.05) is 24.6 Å². The number of halogens is 1.